The lowest BCUT2D eigenvalue weighted by Gasteiger charge is -2.25. The van der Waals surface area contributed by atoms with E-state index in [1.165, 1.54) is 0 Å². The number of anilines is 1. The molecule has 1 aliphatic rings. The van der Waals surface area contributed by atoms with Crippen molar-refractivity contribution in [3.63, 3.8) is 0 Å². The van der Waals surface area contributed by atoms with E-state index >= 15 is 0 Å². The lowest BCUT2D eigenvalue weighted by atomic mass is 10.2. The molecule has 100 valence electrons. The van der Waals surface area contributed by atoms with Gasteiger partial charge in [-0.05, 0) is 19.1 Å². The van der Waals surface area contributed by atoms with Crippen molar-refractivity contribution in [2.45, 2.75) is 13.3 Å². The lowest BCUT2D eigenvalue weighted by Crippen LogP contribution is -2.39. The fourth-order valence-electron chi connectivity index (χ4n) is 1.93. The second-order valence-electron chi connectivity index (χ2n) is 4.03. The number of nitrogens with zero attached hydrogens (tertiary/aromatic N) is 2. The highest BCUT2D eigenvalue weighted by Crippen LogP contribution is 2.33. The number of halogens is 2. The molecule has 1 N–H and O–H groups in total. The monoisotopic (exact) mass is 295 g/mol. The minimum Gasteiger partial charge on any atom is -0.354 e. The number of para-hydroxylation sites is 1. The van der Waals surface area contributed by atoms with Crippen LogP contribution in [0.1, 0.15) is 13.3 Å². The second-order valence-corrected chi connectivity index (χ2v) is 4.85. The minimum absolute atomic E-state index is 0.619. The van der Waals surface area contributed by atoms with Gasteiger partial charge in [-0.15, -0.1) is 11.8 Å². The molecule has 2 rings (SSSR count). The van der Waals surface area contributed by atoms with Crippen LogP contribution in [0.25, 0.3) is 0 Å². The summed E-state index contributed by atoms with van der Waals surface area (Å²) in [5.41, 5.74) is 0.789. The van der Waals surface area contributed by atoms with E-state index in [0.29, 0.717) is 16.6 Å². The van der Waals surface area contributed by atoms with Gasteiger partial charge in [0.25, 0.3) is 0 Å². The first-order valence-electron chi connectivity index (χ1n) is 6.13. The largest absolute Gasteiger partial charge is 0.354 e. The Bertz CT molecular complexity index is 523. The van der Waals surface area contributed by atoms with E-state index < -0.39 is 0 Å². The zero-order valence-electron chi connectivity index (χ0n) is 10.7. The van der Waals surface area contributed by atoms with Gasteiger partial charge < -0.3 is 10.2 Å². The summed E-state index contributed by atoms with van der Waals surface area (Å²) in [6.07, 6.45) is 0.735. The van der Waals surface area contributed by atoms with Gasteiger partial charge in [-0.2, -0.15) is 0 Å². The van der Waals surface area contributed by atoms with Gasteiger partial charge in [-0.25, -0.2) is 0 Å². The number of nitrogens with one attached hydrogen (secondary N) is 1. The summed E-state index contributed by atoms with van der Waals surface area (Å²) in [6, 6.07) is 5.50. The van der Waals surface area contributed by atoms with Crippen LogP contribution < -0.4 is 10.2 Å². The zero-order valence-corrected chi connectivity index (χ0v) is 12.2. The molecular formula is C14H15Cl2N3. The molecule has 0 fully saturated rings. The predicted molar refractivity (Wildman–Crippen MR) is 82.2 cm³/mol. The summed E-state index contributed by atoms with van der Waals surface area (Å²) < 4.78 is 0. The summed E-state index contributed by atoms with van der Waals surface area (Å²) in [4.78, 5) is 6.44. The van der Waals surface area contributed by atoms with E-state index in [1.54, 1.807) is 0 Å². The molecule has 1 heterocycles. The molecule has 19 heavy (non-hydrogen) atoms. The van der Waals surface area contributed by atoms with E-state index in [2.05, 4.69) is 22.2 Å². The molecule has 3 nitrogen and oxygen atoms in total. The van der Waals surface area contributed by atoms with Gasteiger partial charge in [-0.3, -0.25) is 4.99 Å². The van der Waals surface area contributed by atoms with Crippen molar-refractivity contribution in [3.8, 4) is 11.8 Å². The van der Waals surface area contributed by atoms with Crippen LogP contribution in [0.5, 0.6) is 0 Å². The Morgan fingerprint density at radius 2 is 2.11 bits per heavy atom. The Hall–Kier alpha value is -1.37. The molecule has 0 unspecified atom stereocenters. The number of rotatable bonds is 3. The van der Waals surface area contributed by atoms with Crippen LogP contribution in [0.3, 0.4) is 0 Å². The molecule has 5 heteroatoms. The average molecular weight is 296 g/mol. The topological polar surface area (TPSA) is 27.6 Å². The Balaban J connectivity index is 2.32. The third-order valence-corrected chi connectivity index (χ3v) is 3.37. The molecule has 0 aliphatic carbocycles. The van der Waals surface area contributed by atoms with Crippen molar-refractivity contribution in [2.24, 2.45) is 4.99 Å². The van der Waals surface area contributed by atoms with Gasteiger partial charge in [0.15, 0.2) is 5.96 Å². The standard InChI is InChI=1S/C14H15Cl2N3/c1-2-3-4-10-19(14-17-8-9-18-14)13-11(15)6-5-7-12(13)16/h5-7H,4,8-10H2,1H3,(H,17,18). The average Bonchev–Trinajstić information content (AvgIpc) is 2.90. The smallest absolute Gasteiger partial charge is 0.198 e. The molecule has 0 spiro atoms. The van der Waals surface area contributed by atoms with Crippen molar-refractivity contribution in [1.82, 2.24) is 5.32 Å². The predicted octanol–water partition coefficient (Wildman–Crippen LogP) is 3.17. The van der Waals surface area contributed by atoms with Gasteiger partial charge in [0.1, 0.15) is 0 Å². The SMILES string of the molecule is CC#CCCN(C1=NCCN1)c1c(Cl)cccc1Cl. The normalized spacial score (nSPS) is 13.3. The molecule has 0 saturated carbocycles. The summed E-state index contributed by atoms with van der Waals surface area (Å²) >= 11 is 12.5. The highest BCUT2D eigenvalue weighted by atomic mass is 35.5. The van der Waals surface area contributed by atoms with Crippen LogP contribution >= 0.6 is 23.2 Å². The maximum atomic E-state index is 6.27. The molecule has 0 saturated heterocycles. The Kier molecular flexibility index (Phi) is 4.95. The van der Waals surface area contributed by atoms with Gasteiger partial charge in [0, 0.05) is 19.5 Å². The quantitative estimate of drug-likeness (QED) is 0.868. The van der Waals surface area contributed by atoms with Crippen molar-refractivity contribution in [3.05, 3.63) is 28.2 Å². The van der Waals surface area contributed by atoms with E-state index in [-0.39, 0.29) is 0 Å². The van der Waals surface area contributed by atoms with Crippen LogP contribution in [0.4, 0.5) is 5.69 Å². The third kappa shape index (κ3) is 3.34. The summed E-state index contributed by atoms with van der Waals surface area (Å²) in [6.45, 7) is 4.15. The lowest BCUT2D eigenvalue weighted by molar-refractivity contribution is 0.920. The van der Waals surface area contributed by atoms with Crippen molar-refractivity contribution in [1.29, 1.82) is 0 Å². The number of aliphatic imine (C=N–C) groups is 1. The maximum Gasteiger partial charge on any atom is 0.198 e. The molecule has 0 bridgehead atoms. The van der Waals surface area contributed by atoms with Crippen LogP contribution in [0, 0.1) is 11.8 Å². The van der Waals surface area contributed by atoms with Crippen LogP contribution in [-0.4, -0.2) is 25.6 Å². The third-order valence-electron chi connectivity index (χ3n) is 2.76. The summed E-state index contributed by atoms with van der Waals surface area (Å²) in [5, 5.41) is 4.48. The highest BCUT2D eigenvalue weighted by molar-refractivity contribution is 6.40. The highest BCUT2D eigenvalue weighted by Gasteiger charge is 2.20. The molecule has 0 amide bonds. The molecule has 1 aromatic carbocycles. The van der Waals surface area contributed by atoms with Crippen molar-refractivity contribution >= 4 is 34.8 Å². The van der Waals surface area contributed by atoms with Crippen LogP contribution in [0.2, 0.25) is 10.0 Å². The molecule has 0 aromatic heterocycles. The molecular weight excluding hydrogens is 281 g/mol. The van der Waals surface area contributed by atoms with Gasteiger partial charge in [-0.1, -0.05) is 29.3 Å². The number of guanidine groups is 1. The first-order valence-corrected chi connectivity index (χ1v) is 6.89. The van der Waals surface area contributed by atoms with Gasteiger partial charge in [0.2, 0.25) is 0 Å². The summed E-state index contributed by atoms with van der Waals surface area (Å²) in [5.74, 6) is 6.75. The van der Waals surface area contributed by atoms with Gasteiger partial charge in [0.05, 0.1) is 22.3 Å². The van der Waals surface area contributed by atoms with Crippen molar-refractivity contribution < 1.29 is 0 Å². The minimum atomic E-state index is 0.619. The maximum absolute atomic E-state index is 6.27. The summed E-state index contributed by atoms with van der Waals surface area (Å²) in [7, 11) is 0. The fourth-order valence-corrected chi connectivity index (χ4v) is 2.53. The number of hydrogen-bond donors (Lipinski definition) is 1. The Morgan fingerprint density at radius 3 is 2.68 bits per heavy atom. The first kappa shape index (κ1) is 14.0. The number of benzene rings is 1. The van der Waals surface area contributed by atoms with E-state index in [9.17, 15) is 0 Å². The van der Waals surface area contributed by atoms with E-state index in [0.717, 1.165) is 31.2 Å². The van der Waals surface area contributed by atoms with E-state index in [4.69, 9.17) is 23.2 Å². The molecule has 1 aliphatic heterocycles. The zero-order chi connectivity index (χ0) is 13.7. The number of hydrogen-bond acceptors (Lipinski definition) is 3. The Morgan fingerprint density at radius 1 is 1.37 bits per heavy atom. The van der Waals surface area contributed by atoms with Crippen molar-refractivity contribution in [2.75, 3.05) is 24.5 Å². The van der Waals surface area contributed by atoms with Crippen LogP contribution in [-0.2, 0) is 0 Å². The van der Waals surface area contributed by atoms with Crippen LogP contribution in [0.15, 0.2) is 23.2 Å². The molecule has 1 aromatic rings. The molecule has 0 radical (unpaired) electrons. The van der Waals surface area contributed by atoms with Gasteiger partial charge >= 0.3 is 0 Å². The fraction of sp³-hybridized carbons (Fsp3) is 0.357. The Labute approximate surface area is 123 Å². The molecule has 0 atom stereocenters. The van der Waals surface area contributed by atoms with E-state index in [1.807, 2.05) is 30.0 Å². The second kappa shape index (κ2) is 6.70. The first-order chi connectivity index (χ1) is 9.24.